The second kappa shape index (κ2) is 8.50. The van der Waals surface area contributed by atoms with Gasteiger partial charge in [-0.3, -0.25) is 0 Å². The van der Waals surface area contributed by atoms with Crippen molar-refractivity contribution in [1.29, 1.82) is 0 Å². The zero-order chi connectivity index (χ0) is 15.1. The van der Waals surface area contributed by atoms with E-state index < -0.39 is 0 Å². The van der Waals surface area contributed by atoms with Crippen LogP contribution < -0.4 is 5.32 Å². The van der Waals surface area contributed by atoms with Gasteiger partial charge in [0.15, 0.2) is 0 Å². The monoisotopic (exact) mass is 296 g/mol. The highest BCUT2D eigenvalue weighted by molar-refractivity contribution is 4.99. The molecule has 2 saturated carbocycles. The maximum Gasteiger partial charge on any atom is 0.0616 e. The average Bonchev–Trinajstić information content (AvgIpc) is 2.94. The van der Waals surface area contributed by atoms with Crippen LogP contribution in [0.5, 0.6) is 0 Å². The fraction of sp³-hybridized carbons (Fsp3) is 1.00. The molecule has 2 fully saturated rings. The van der Waals surface area contributed by atoms with Crippen LogP contribution >= 0.6 is 0 Å². The van der Waals surface area contributed by atoms with Gasteiger partial charge in [-0.2, -0.15) is 0 Å². The van der Waals surface area contributed by atoms with Crippen molar-refractivity contribution in [3.63, 3.8) is 0 Å². The molecule has 2 aliphatic carbocycles. The maximum atomic E-state index is 9.95. The van der Waals surface area contributed by atoms with Crippen molar-refractivity contribution in [3.8, 4) is 0 Å². The van der Waals surface area contributed by atoms with Crippen LogP contribution in [0.1, 0.15) is 71.1 Å². The van der Waals surface area contributed by atoms with Crippen LogP contribution in [0.4, 0.5) is 0 Å². The Morgan fingerprint density at radius 1 is 1.14 bits per heavy atom. The number of aliphatic hydroxyl groups is 1. The van der Waals surface area contributed by atoms with Gasteiger partial charge in [-0.15, -0.1) is 0 Å². The lowest BCUT2D eigenvalue weighted by Crippen LogP contribution is -2.52. The maximum absolute atomic E-state index is 9.95. The summed E-state index contributed by atoms with van der Waals surface area (Å²) in [4.78, 5) is 2.60. The summed E-state index contributed by atoms with van der Waals surface area (Å²) in [5.41, 5.74) is 0.0173. The van der Waals surface area contributed by atoms with Crippen LogP contribution in [-0.2, 0) is 0 Å². The van der Waals surface area contributed by atoms with E-state index in [9.17, 15) is 5.11 Å². The van der Waals surface area contributed by atoms with E-state index in [1.54, 1.807) is 0 Å². The number of hydrogen-bond donors (Lipinski definition) is 2. The van der Waals surface area contributed by atoms with Crippen molar-refractivity contribution >= 4 is 0 Å². The first kappa shape index (κ1) is 17.2. The normalized spacial score (nSPS) is 31.1. The molecule has 0 saturated heterocycles. The lowest BCUT2D eigenvalue weighted by atomic mass is 9.84. The van der Waals surface area contributed by atoms with Gasteiger partial charge in [-0.05, 0) is 64.6 Å². The number of nitrogens with zero attached hydrogens (tertiary/aromatic N) is 1. The van der Waals surface area contributed by atoms with E-state index in [0.29, 0.717) is 12.5 Å². The highest BCUT2D eigenvalue weighted by atomic mass is 16.3. The first-order chi connectivity index (χ1) is 10.2. The van der Waals surface area contributed by atoms with Crippen LogP contribution in [0.15, 0.2) is 0 Å². The van der Waals surface area contributed by atoms with E-state index >= 15 is 0 Å². The van der Waals surface area contributed by atoms with Crippen molar-refractivity contribution in [1.82, 2.24) is 10.2 Å². The third-order valence-corrected chi connectivity index (χ3v) is 5.99. The van der Waals surface area contributed by atoms with Crippen molar-refractivity contribution < 1.29 is 5.11 Å². The van der Waals surface area contributed by atoms with E-state index in [0.717, 1.165) is 25.4 Å². The van der Waals surface area contributed by atoms with Crippen LogP contribution in [0.25, 0.3) is 0 Å². The Labute approximate surface area is 131 Å². The van der Waals surface area contributed by atoms with E-state index in [-0.39, 0.29) is 5.54 Å². The van der Waals surface area contributed by atoms with Gasteiger partial charge in [-0.25, -0.2) is 0 Å². The van der Waals surface area contributed by atoms with E-state index in [1.807, 2.05) is 0 Å². The molecule has 2 N–H and O–H groups in total. The van der Waals surface area contributed by atoms with Crippen LogP contribution in [0.3, 0.4) is 0 Å². The third kappa shape index (κ3) is 4.43. The highest BCUT2D eigenvalue weighted by Gasteiger charge is 2.41. The Morgan fingerprint density at radius 2 is 1.90 bits per heavy atom. The molecule has 3 nitrogen and oxygen atoms in total. The smallest absolute Gasteiger partial charge is 0.0616 e. The Kier molecular flexibility index (Phi) is 6.97. The summed E-state index contributed by atoms with van der Waals surface area (Å²) >= 11 is 0. The van der Waals surface area contributed by atoms with Gasteiger partial charge in [0.25, 0.3) is 0 Å². The molecule has 0 heterocycles. The first-order valence-corrected chi connectivity index (χ1v) is 9.28. The Morgan fingerprint density at radius 3 is 2.57 bits per heavy atom. The van der Waals surface area contributed by atoms with E-state index in [2.05, 4.69) is 24.2 Å². The van der Waals surface area contributed by atoms with Crippen LogP contribution in [0, 0.1) is 5.92 Å². The van der Waals surface area contributed by atoms with Crippen LogP contribution in [-0.4, -0.2) is 48.3 Å². The molecule has 0 amide bonds. The molecule has 0 aliphatic heterocycles. The molecule has 0 radical (unpaired) electrons. The standard InChI is InChI=1S/C18H36N2O/c1-3-13-19-18(15-21)12-7-8-16(18)11-14-20(2)17-9-5-4-6-10-17/h16-17,19,21H,3-15H2,1-2H3. The molecule has 0 spiro atoms. The molecule has 21 heavy (non-hydrogen) atoms. The van der Waals surface area contributed by atoms with Crippen LogP contribution in [0.2, 0.25) is 0 Å². The molecule has 2 unspecified atom stereocenters. The summed E-state index contributed by atoms with van der Waals surface area (Å²) in [6.07, 6.45) is 13.1. The largest absolute Gasteiger partial charge is 0.394 e. The van der Waals surface area contributed by atoms with Crippen molar-refractivity contribution in [3.05, 3.63) is 0 Å². The van der Waals surface area contributed by atoms with Crippen molar-refractivity contribution in [2.24, 2.45) is 5.92 Å². The first-order valence-electron chi connectivity index (χ1n) is 9.28. The van der Waals surface area contributed by atoms with E-state index in [1.165, 1.54) is 57.9 Å². The minimum absolute atomic E-state index is 0.0173. The molecular weight excluding hydrogens is 260 g/mol. The molecular formula is C18H36N2O. The quantitative estimate of drug-likeness (QED) is 0.722. The van der Waals surface area contributed by atoms with Gasteiger partial charge >= 0.3 is 0 Å². The summed E-state index contributed by atoms with van der Waals surface area (Å²) in [6, 6.07) is 0.812. The molecule has 0 bridgehead atoms. The lowest BCUT2D eigenvalue weighted by molar-refractivity contribution is 0.105. The second-order valence-corrected chi connectivity index (χ2v) is 7.39. The van der Waals surface area contributed by atoms with Crippen molar-refractivity contribution in [2.45, 2.75) is 82.7 Å². The molecule has 2 aliphatic rings. The van der Waals surface area contributed by atoms with Gasteiger partial charge in [0, 0.05) is 11.6 Å². The summed E-state index contributed by atoms with van der Waals surface area (Å²) in [5, 5.41) is 13.6. The Bertz CT molecular complexity index is 291. The number of rotatable bonds is 8. The lowest BCUT2D eigenvalue weighted by Gasteiger charge is -2.37. The molecule has 0 aromatic rings. The molecule has 2 rings (SSSR count). The SMILES string of the molecule is CCCNC1(CO)CCCC1CCN(C)C1CCCCC1. The number of nitrogens with one attached hydrogen (secondary N) is 1. The second-order valence-electron chi connectivity index (χ2n) is 7.39. The van der Waals surface area contributed by atoms with E-state index in [4.69, 9.17) is 0 Å². The average molecular weight is 296 g/mol. The topological polar surface area (TPSA) is 35.5 Å². The zero-order valence-corrected chi connectivity index (χ0v) is 14.2. The minimum Gasteiger partial charge on any atom is -0.394 e. The zero-order valence-electron chi connectivity index (χ0n) is 14.2. The summed E-state index contributed by atoms with van der Waals surface area (Å²) in [5.74, 6) is 0.653. The summed E-state index contributed by atoms with van der Waals surface area (Å²) in [7, 11) is 2.31. The predicted molar refractivity (Wildman–Crippen MR) is 89.6 cm³/mol. The molecule has 0 aromatic carbocycles. The van der Waals surface area contributed by atoms with Crippen molar-refractivity contribution in [2.75, 3.05) is 26.7 Å². The van der Waals surface area contributed by atoms with Gasteiger partial charge in [0.2, 0.25) is 0 Å². The number of aliphatic hydroxyl groups excluding tert-OH is 1. The third-order valence-electron chi connectivity index (χ3n) is 5.99. The Hall–Kier alpha value is -0.120. The molecule has 2 atom stereocenters. The molecule has 0 aromatic heterocycles. The van der Waals surface area contributed by atoms with Gasteiger partial charge in [0.1, 0.15) is 0 Å². The van der Waals surface area contributed by atoms with Gasteiger partial charge in [0.05, 0.1) is 6.61 Å². The molecule has 3 heteroatoms. The number of hydrogen-bond acceptors (Lipinski definition) is 3. The molecule has 124 valence electrons. The minimum atomic E-state index is 0.0173. The summed E-state index contributed by atoms with van der Waals surface area (Å²) in [6.45, 7) is 4.75. The highest BCUT2D eigenvalue weighted by Crippen LogP contribution is 2.38. The fourth-order valence-electron chi connectivity index (χ4n) is 4.50. The fourth-order valence-corrected chi connectivity index (χ4v) is 4.50. The Balaban J connectivity index is 1.82. The van der Waals surface area contributed by atoms with Gasteiger partial charge in [-0.1, -0.05) is 32.6 Å². The predicted octanol–water partition coefficient (Wildman–Crippen LogP) is 3.17. The van der Waals surface area contributed by atoms with Gasteiger partial charge < -0.3 is 15.3 Å². The summed E-state index contributed by atoms with van der Waals surface area (Å²) < 4.78 is 0.